The van der Waals surface area contributed by atoms with Crippen molar-refractivity contribution < 1.29 is 54.7 Å². The Morgan fingerprint density at radius 3 is 1.73 bits per heavy atom. The molecule has 4 N–H and O–H groups in total. The van der Waals surface area contributed by atoms with Gasteiger partial charge in [0.15, 0.2) is 5.69 Å². The normalized spacial score (nSPS) is 14.7. The summed E-state index contributed by atoms with van der Waals surface area (Å²) in [5, 5.41) is 19.0. The number of rotatable bonds is 3. The van der Waals surface area contributed by atoms with E-state index in [4.69, 9.17) is 5.21 Å². The molecule has 0 aromatic heterocycles. The van der Waals surface area contributed by atoms with Gasteiger partial charge in [-0.15, -0.1) is 0 Å². The van der Waals surface area contributed by atoms with Gasteiger partial charge in [0.2, 0.25) is 0 Å². The van der Waals surface area contributed by atoms with Crippen LogP contribution < -0.4 is 15.9 Å². The third kappa shape index (κ3) is 3.94. The quantitative estimate of drug-likeness (QED) is 0.464. The monoisotopic (exact) mass is 401 g/mol. The first-order chi connectivity index (χ1) is 11.5. The second-order valence-electron chi connectivity index (χ2n) is 4.67. The molecule has 0 bridgehead atoms. The molecule has 1 aromatic carbocycles. The fraction of sp³-hybridized carbons (Fsp3) is 0.364. The van der Waals surface area contributed by atoms with E-state index in [-0.39, 0.29) is 5.32 Å². The van der Waals surface area contributed by atoms with Gasteiger partial charge < -0.3 is 15.8 Å². The molecule has 0 saturated carbocycles. The standard InChI is InChI=1S/C11H8F9N3O3/c12-9(13,14)8(10(15,16)17,11(18,19)20)22-7(24)21-5-3-1-2-4-6(5)23(25)26/h1-4,23,25H,(H2,21,22,24). The smallest absolute Gasteiger partial charge is 0.429 e. The van der Waals surface area contributed by atoms with E-state index in [1.54, 1.807) is 0 Å². The first kappa shape index (κ1) is 21.8. The minimum absolute atomic E-state index is 0.153. The fourth-order valence-corrected chi connectivity index (χ4v) is 1.80. The Kier molecular flexibility index (Phi) is 5.70. The van der Waals surface area contributed by atoms with E-state index >= 15 is 0 Å². The van der Waals surface area contributed by atoms with Crippen LogP contribution in [-0.4, -0.2) is 35.3 Å². The van der Waals surface area contributed by atoms with Crippen LogP contribution in [0, 0.1) is 5.21 Å². The molecule has 148 valence electrons. The topological polar surface area (TPSA) is 88.9 Å². The van der Waals surface area contributed by atoms with E-state index in [1.165, 1.54) is 5.32 Å². The number of amides is 2. The predicted octanol–water partition coefficient (Wildman–Crippen LogP) is 2.64. The van der Waals surface area contributed by atoms with Gasteiger partial charge >= 0.3 is 30.1 Å². The van der Waals surface area contributed by atoms with Gasteiger partial charge in [-0.3, -0.25) is 0 Å². The van der Waals surface area contributed by atoms with Crippen molar-refractivity contribution >= 4 is 17.4 Å². The number of benzene rings is 1. The summed E-state index contributed by atoms with van der Waals surface area (Å²) in [6, 6.07) is 1.12. The van der Waals surface area contributed by atoms with Crippen molar-refractivity contribution in [3.63, 3.8) is 0 Å². The maximum absolute atomic E-state index is 12.7. The molecular weight excluding hydrogens is 393 g/mol. The molecule has 26 heavy (non-hydrogen) atoms. The lowest BCUT2D eigenvalue weighted by molar-refractivity contribution is -0.990. The Bertz CT molecular complexity index is 619. The molecule has 0 fully saturated rings. The lowest BCUT2D eigenvalue weighted by Crippen LogP contribution is -2.99. The van der Waals surface area contributed by atoms with Crippen LogP contribution in [0.15, 0.2) is 24.3 Å². The van der Waals surface area contributed by atoms with Crippen molar-refractivity contribution in [2.24, 2.45) is 0 Å². The molecule has 15 heteroatoms. The van der Waals surface area contributed by atoms with Crippen molar-refractivity contribution in [1.82, 2.24) is 5.32 Å². The second kappa shape index (κ2) is 6.81. The van der Waals surface area contributed by atoms with Crippen LogP contribution in [0.2, 0.25) is 0 Å². The molecular formula is C11H8F9N3O3. The van der Waals surface area contributed by atoms with E-state index < -0.39 is 46.7 Å². The van der Waals surface area contributed by atoms with Gasteiger partial charge in [0.05, 0.1) is 0 Å². The summed E-state index contributed by atoms with van der Waals surface area (Å²) in [4.78, 5) is 11.4. The fourth-order valence-electron chi connectivity index (χ4n) is 1.80. The van der Waals surface area contributed by atoms with Gasteiger partial charge in [-0.05, 0) is 6.07 Å². The highest BCUT2D eigenvalue weighted by molar-refractivity contribution is 5.92. The number of alkyl halides is 9. The number of hydrogen-bond donors (Lipinski definition) is 4. The highest BCUT2D eigenvalue weighted by atomic mass is 19.4. The van der Waals surface area contributed by atoms with E-state index in [2.05, 4.69) is 0 Å². The predicted molar refractivity (Wildman–Crippen MR) is 65.3 cm³/mol. The van der Waals surface area contributed by atoms with Gasteiger partial charge in [-0.1, -0.05) is 12.1 Å². The summed E-state index contributed by atoms with van der Waals surface area (Å²) in [5.74, 6) is 0. The number of quaternary nitrogens is 1. The molecule has 6 nitrogen and oxygen atoms in total. The third-order valence-corrected chi connectivity index (χ3v) is 2.98. The first-order valence-corrected chi connectivity index (χ1v) is 6.16. The molecule has 1 aromatic rings. The zero-order chi connectivity index (χ0) is 20.6. The summed E-state index contributed by atoms with van der Waals surface area (Å²) >= 11 is 0. The Hall–Kier alpha value is -2.26. The van der Waals surface area contributed by atoms with Crippen LogP contribution in [0.3, 0.4) is 0 Å². The van der Waals surface area contributed by atoms with Gasteiger partial charge in [0.25, 0.3) is 0 Å². The number of carbonyl (C=O) groups is 1. The molecule has 2 amide bonds. The third-order valence-electron chi connectivity index (χ3n) is 2.98. The second-order valence-corrected chi connectivity index (χ2v) is 4.67. The molecule has 1 rings (SSSR count). The molecule has 0 heterocycles. The van der Waals surface area contributed by atoms with Crippen LogP contribution in [0.4, 0.5) is 55.7 Å². The SMILES string of the molecule is O=C(Nc1ccccc1[NH+]([O-])O)NC(C(F)(F)F)(C(F)(F)F)C(F)(F)F. The van der Waals surface area contributed by atoms with Crippen molar-refractivity contribution in [2.75, 3.05) is 5.32 Å². The highest BCUT2D eigenvalue weighted by Gasteiger charge is 2.84. The number of halogens is 9. The number of carbonyl (C=O) groups excluding carboxylic acids is 1. The van der Waals surface area contributed by atoms with Gasteiger partial charge in [-0.25, -0.2) is 10.0 Å². The number of urea groups is 1. The molecule has 1 atom stereocenters. The number of hydrogen-bond acceptors (Lipinski definition) is 3. The van der Waals surface area contributed by atoms with Crippen LogP contribution in [-0.2, 0) is 0 Å². The van der Waals surface area contributed by atoms with Gasteiger partial charge in [0.1, 0.15) is 5.69 Å². The van der Waals surface area contributed by atoms with Crippen molar-refractivity contribution in [3.05, 3.63) is 29.5 Å². The Balaban J connectivity index is 3.32. The summed E-state index contributed by atoms with van der Waals surface area (Å²) in [6.07, 6.45) is -21.0. The lowest BCUT2D eigenvalue weighted by Gasteiger charge is -2.38. The maximum Gasteiger partial charge on any atom is 0.429 e. The van der Waals surface area contributed by atoms with Crippen molar-refractivity contribution in [2.45, 2.75) is 24.1 Å². The van der Waals surface area contributed by atoms with Gasteiger partial charge in [0, 0.05) is 6.07 Å². The summed E-state index contributed by atoms with van der Waals surface area (Å²) in [6.45, 7) is 0. The van der Waals surface area contributed by atoms with E-state index in [0.29, 0.717) is 0 Å². The molecule has 0 aliphatic heterocycles. The number of para-hydroxylation sites is 2. The van der Waals surface area contributed by atoms with Gasteiger partial charge in [-0.2, -0.15) is 44.7 Å². The minimum Gasteiger partial charge on any atom is -0.595 e. The highest BCUT2D eigenvalue weighted by Crippen LogP contribution is 2.52. The largest absolute Gasteiger partial charge is 0.595 e. The average molecular weight is 401 g/mol. The maximum atomic E-state index is 12.7. The molecule has 0 aliphatic carbocycles. The summed E-state index contributed by atoms with van der Waals surface area (Å²) < 4.78 is 114. The lowest BCUT2D eigenvalue weighted by atomic mass is 9.97. The van der Waals surface area contributed by atoms with E-state index in [1.807, 2.05) is 0 Å². The van der Waals surface area contributed by atoms with Crippen molar-refractivity contribution in [3.8, 4) is 0 Å². The molecule has 1 unspecified atom stereocenters. The number of anilines is 1. The average Bonchev–Trinajstić information content (AvgIpc) is 2.41. The van der Waals surface area contributed by atoms with Crippen LogP contribution in [0.25, 0.3) is 0 Å². The van der Waals surface area contributed by atoms with Crippen molar-refractivity contribution in [1.29, 1.82) is 0 Å². The first-order valence-electron chi connectivity index (χ1n) is 6.16. The van der Waals surface area contributed by atoms with Crippen LogP contribution in [0.1, 0.15) is 0 Å². The zero-order valence-electron chi connectivity index (χ0n) is 12.0. The molecule has 0 radical (unpaired) electrons. The minimum atomic E-state index is -6.99. The molecule has 0 spiro atoms. The Morgan fingerprint density at radius 2 is 1.35 bits per heavy atom. The summed E-state index contributed by atoms with van der Waals surface area (Å²) in [7, 11) is 0. The Morgan fingerprint density at radius 1 is 0.923 bits per heavy atom. The Labute approximate surface area is 137 Å². The van der Waals surface area contributed by atoms with Crippen LogP contribution in [0.5, 0.6) is 0 Å². The molecule has 0 saturated heterocycles. The number of nitrogens with one attached hydrogen (secondary N) is 3. The van der Waals surface area contributed by atoms with E-state index in [9.17, 15) is 49.5 Å². The zero-order valence-corrected chi connectivity index (χ0v) is 12.0. The van der Waals surface area contributed by atoms with Crippen LogP contribution >= 0.6 is 0 Å². The summed E-state index contributed by atoms with van der Waals surface area (Å²) in [5.41, 5.74) is -8.16. The molecule has 0 aliphatic rings. The van der Waals surface area contributed by atoms with E-state index in [0.717, 1.165) is 24.3 Å².